The Morgan fingerprint density at radius 1 is 1.22 bits per heavy atom. The van der Waals surface area contributed by atoms with Crippen molar-refractivity contribution in [3.63, 3.8) is 0 Å². The number of hydrogen-bond acceptors (Lipinski definition) is 3. The summed E-state index contributed by atoms with van der Waals surface area (Å²) < 4.78 is 0. The molecule has 2 nitrogen and oxygen atoms in total. The van der Waals surface area contributed by atoms with Crippen molar-refractivity contribution in [2.75, 3.05) is 0 Å². The molecule has 1 unspecified atom stereocenters. The first-order valence-electron chi connectivity index (χ1n) is 6.61. The molecule has 0 radical (unpaired) electrons. The van der Waals surface area contributed by atoms with Gasteiger partial charge in [-0.2, -0.15) is 0 Å². The van der Waals surface area contributed by atoms with Gasteiger partial charge in [-0.3, -0.25) is 4.98 Å². The van der Waals surface area contributed by atoms with Crippen LogP contribution in [0.3, 0.4) is 0 Å². The maximum atomic E-state index is 6.34. The molecule has 0 aliphatic heterocycles. The summed E-state index contributed by atoms with van der Waals surface area (Å²) in [6.45, 7) is 0. The molecule has 2 N–H and O–H groups in total. The highest BCUT2D eigenvalue weighted by Crippen LogP contribution is 2.33. The summed E-state index contributed by atoms with van der Waals surface area (Å²) >= 11 is 1.90. The minimum Gasteiger partial charge on any atom is -0.320 e. The van der Waals surface area contributed by atoms with Gasteiger partial charge in [0.2, 0.25) is 0 Å². The van der Waals surface area contributed by atoms with Crippen LogP contribution in [0.1, 0.15) is 46.2 Å². The minimum atomic E-state index is -0.0179. The minimum absolute atomic E-state index is 0.0179. The van der Waals surface area contributed by atoms with E-state index < -0.39 is 0 Å². The zero-order chi connectivity index (χ0) is 12.4. The monoisotopic (exact) mass is 258 g/mol. The summed E-state index contributed by atoms with van der Waals surface area (Å²) in [5.74, 6) is 0. The molecule has 2 heterocycles. The van der Waals surface area contributed by atoms with Crippen molar-refractivity contribution in [3.8, 4) is 0 Å². The van der Waals surface area contributed by atoms with Gasteiger partial charge in [-0.05, 0) is 48.9 Å². The Morgan fingerprint density at radius 3 is 2.94 bits per heavy atom. The number of aryl methyl sites for hydroxylation is 2. The zero-order valence-corrected chi connectivity index (χ0v) is 11.2. The predicted octanol–water partition coefficient (Wildman–Crippen LogP) is 3.46. The molecule has 94 valence electrons. The van der Waals surface area contributed by atoms with Gasteiger partial charge in [-0.15, -0.1) is 11.3 Å². The molecule has 0 bridgehead atoms. The van der Waals surface area contributed by atoms with E-state index in [-0.39, 0.29) is 6.04 Å². The van der Waals surface area contributed by atoms with Gasteiger partial charge in [0.15, 0.2) is 0 Å². The Kier molecular flexibility index (Phi) is 3.43. The van der Waals surface area contributed by atoms with Crippen molar-refractivity contribution in [1.29, 1.82) is 0 Å². The highest BCUT2D eigenvalue weighted by molar-refractivity contribution is 7.12. The fourth-order valence-electron chi connectivity index (χ4n) is 2.57. The van der Waals surface area contributed by atoms with E-state index in [9.17, 15) is 0 Å². The van der Waals surface area contributed by atoms with Crippen LogP contribution in [0, 0.1) is 0 Å². The van der Waals surface area contributed by atoms with Crippen molar-refractivity contribution in [2.45, 2.75) is 38.1 Å². The van der Waals surface area contributed by atoms with Crippen LogP contribution in [0.4, 0.5) is 0 Å². The lowest BCUT2D eigenvalue weighted by atomic mass is 10.1. The van der Waals surface area contributed by atoms with Crippen LogP contribution < -0.4 is 5.73 Å². The quantitative estimate of drug-likeness (QED) is 0.838. The third kappa shape index (κ3) is 2.33. The van der Waals surface area contributed by atoms with E-state index in [4.69, 9.17) is 5.73 Å². The van der Waals surface area contributed by atoms with Crippen LogP contribution in [0.25, 0.3) is 0 Å². The number of nitrogens with zero attached hydrogens (tertiary/aromatic N) is 1. The van der Waals surface area contributed by atoms with Gasteiger partial charge in [0, 0.05) is 22.1 Å². The van der Waals surface area contributed by atoms with Crippen LogP contribution in [0.2, 0.25) is 0 Å². The number of rotatable bonds is 2. The maximum Gasteiger partial charge on any atom is 0.0661 e. The first-order chi connectivity index (χ1) is 8.84. The van der Waals surface area contributed by atoms with E-state index >= 15 is 0 Å². The summed E-state index contributed by atoms with van der Waals surface area (Å²) in [6, 6.07) is 6.31. The highest BCUT2D eigenvalue weighted by Gasteiger charge is 2.17. The summed E-state index contributed by atoms with van der Waals surface area (Å²) in [6.07, 6.45) is 10.1. The molecule has 1 aliphatic carbocycles. The molecule has 0 fully saturated rings. The van der Waals surface area contributed by atoms with Gasteiger partial charge >= 0.3 is 0 Å². The SMILES string of the molecule is NC(c1cccnc1)c1cc2c(s1)CCCCC2. The second-order valence-electron chi connectivity index (χ2n) is 4.92. The Hall–Kier alpha value is -1.19. The molecule has 18 heavy (non-hydrogen) atoms. The fraction of sp³-hybridized carbons (Fsp3) is 0.400. The van der Waals surface area contributed by atoms with Crippen molar-refractivity contribution in [3.05, 3.63) is 51.5 Å². The van der Waals surface area contributed by atoms with Crippen molar-refractivity contribution >= 4 is 11.3 Å². The van der Waals surface area contributed by atoms with Crippen molar-refractivity contribution < 1.29 is 0 Å². The van der Waals surface area contributed by atoms with Gasteiger partial charge in [0.05, 0.1) is 6.04 Å². The highest BCUT2D eigenvalue weighted by atomic mass is 32.1. The van der Waals surface area contributed by atoms with E-state index in [2.05, 4.69) is 17.1 Å². The molecule has 1 atom stereocenters. The predicted molar refractivity (Wildman–Crippen MR) is 75.8 cm³/mol. The van der Waals surface area contributed by atoms with Gasteiger partial charge in [0.1, 0.15) is 0 Å². The zero-order valence-electron chi connectivity index (χ0n) is 10.4. The average molecular weight is 258 g/mol. The van der Waals surface area contributed by atoms with Gasteiger partial charge in [0.25, 0.3) is 0 Å². The maximum absolute atomic E-state index is 6.34. The number of fused-ring (bicyclic) bond motifs is 1. The second-order valence-corrected chi connectivity index (χ2v) is 6.09. The third-order valence-electron chi connectivity index (χ3n) is 3.62. The van der Waals surface area contributed by atoms with Crippen LogP contribution in [0.5, 0.6) is 0 Å². The van der Waals surface area contributed by atoms with Crippen LogP contribution in [-0.4, -0.2) is 4.98 Å². The van der Waals surface area contributed by atoms with E-state index in [1.54, 1.807) is 11.1 Å². The molecular weight excluding hydrogens is 240 g/mol. The molecule has 3 heteroatoms. The molecule has 2 aromatic heterocycles. The summed E-state index contributed by atoms with van der Waals surface area (Å²) in [4.78, 5) is 7.00. The Labute approximate surface area is 112 Å². The molecule has 0 amide bonds. The lowest BCUT2D eigenvalue weighted by Gasteiger charge is -2.08. The molecule has 2 aromatic rings. The smallest absolute Gasteiger partial charge is 0.0661 e. The fourth-order valence-corrected chi connectivity index (χ4v) is 3.86. The lowest BCUT2D eigenvalue weighted by Crippen LogP contribution is -2.10. The molecule has 0 spiro atoms. The second kappa shape index (κ2) is 5.21. The summed E-state index contributed by atoms with van der Waals surface area (Å²) in [5.41, 5.74) is 8.98. The number of aromatic nitrogens is 1. The van der Waals surface area contributed by atoms with Gasteiger partial charge in [-0.1, -0.05) is 12.5 Å². The number of nitrogens with two attached hydrogens (primary N) is 1. The molecule has 0 saturated carbocycles. The first kappa shape index (κ1) is 11.9. The van der Waals surface area contributed by atoms with E-state index in [0.717, 1.165) is 5.56 Å². The number of hydrogen-bond donors (Lipinski definition) is 1. The van der Waals surface area contributed by atoms with Crippen LogP contribution in [0.15, 0.2) is 30.6 Å². The lowest BCUT2D eigenvalue weighted by molar-refractivity contribution is 0.712. The Balaban J connectivity index is 1.89. The Morgan fingerprint density at radius 2 is 2.11 bits per heavy atom. The van der Waals surface area contributed by atoms with Crippen molar-refractivity contribution in [2.24, 2.45) is 5.73 Å². The molecular formula is C15H18N2S. The van der Waals surface area contributed by atoms with Crippen molar-refractivity contribution in [1.82, 2.24) is 4.98 Å². The van der Waals surface area contributed by atoms with Crippen LogP contribution >= 0.6 is 11.3 Å². The summed E-state index contributed by atoms with van der Waals surface area (Å²) in [7, 11) is 0. The van der Waals surface area contributed by atoms with E-state index in [1.165, 1.54) is 42.5 Å². The first-order valence-corrected chi connectivity index (χ1v) is 7.43. The average Bonchev–Trinajstić information content (AvgIpc) is 2.70. The largest absolute Gasteiger partial charge is 0.320 e. The molecule has 0 aromatic carbocycles. The van der Waals surface area contributed by atoms with Crippen LogP contribution in [-0.2, 0) is 12.8 Å². The number of thiophene rings is 1. The molecule has 1 aliphatic rings. The molecule has 0 saturated heterocycles. The standard InChI is InChI=1S/C15H18N2S/c16-15(12-6-4-8-17-10-12)14-9-11-5-2-1-3-7-13(11)18-14/h4,6,8-10,15H,1-3,5,7,16H2. The van der Waals surface area contributed by atoms with E-state index in [1.807, 2.05) is 23.6 Å². The Bertz CT molecular complexity index is 495. The molecule has 3 rings (SSSR count). The van der Waals surface area contributed by atoms with Gasteiger partial charge < -0.3 is 5.73 Å². The number of pyridine rings is 1. The normalized spacial score (nSPS) is 16.9. The van der Waals surface area contributed by atoms with Gasteiger partial charge in [-0.25, -0.2) is 0 Å². The topological polar surface area (TPSA) is 38.9 Å². The van der Waals surface area contributed by atoms with E-state index in [0.29, 0.717) is 0 Å². The third-order valence-corrected chi connectivity index (χ3v) is 4.94. The summed E-state index contributed by atoms with van der Waals surface area (Å²) in [5, 5.41) is 0.